The summed E-state index contributed by atoms with van der Waals surface area (Å²) in [6.45, 7) is 11.1. The number of nitrogens with zero attached hydrogens (tertiary/aromatic N) is 3. The Morgan fingerprint density at radius 1 is 0.854 bits per heavy atom. The average molecular weight is 652 g/mol. The van der Waals surface area contributed by atoms with Gasteiger partial charge in [0.1, 0.15) is 6.04 Å². The number of amides is 3. The van der Waals surface area contributed by atoms with Crippen molar-refractivity contribution < 1.29 is 14.4 Å². The van der Waals surface area contributed by atoms with Crippen LogP contribution in [-0.2, 0) is 27.2 Å². The van der Waals surface area contributed by atoms with Gasteiger partial charge in [0.15, 0.2) is 0 Å². The van der Waals surface area contributed by atoms with E-state index in [1.807, 2.05) is 34.1 Å². The molecular weight excluding hydrogens is 598 g/mol. The van der Waals surface area contributed by atoms with Crippen LogP contribution in [0.3, 0.4) is 0 Å². The summed E-state index contributed by atoms with van der Waals surface area (Å²) in [5.74, 6) is 0.622. The van der Waals surface area contributed by atoms with E-state index >= 15 is 0 Å². The van der Waals surface area contributed by atoms with Gasteiger partial charge in [0, 0.05) is 70.6 Å². The zero-order chi connectivity index (χ0) is 33.6. The number of carbonyl (C=O) groups is 3. The molecule has 3 amide bonds. The lowest BCUT2D eigenvalue weighted by molar-refractivity contribution is -0.138. The second-order valence-corrected chi connectivity index (χ2v) is 14.5. The first-order valence-corrected chi connectivity index (χ1v) is 18.1. The summed E-state index contributed by atoms with van der Waals surface area (Å²) >= 11 is 0. The highest BCUT2D eigenvalue weighted by atomic mass is 16.2. The molecule has 6 rings (SSSR count). The monoisotopic (exact) mass is 651 g/mol. The quantitative estimate of drug-likeness (QED) is 0.319. The molecule has 0 aliphatic carbocycles. The number of carbonyl (C=O) groups excluding carboxylic acids is 3. The third kappa shape index (κ3) is 8.09. The van der Waals surface area contributed by atoms with Crippen LogP contribution in [0.4, 0.5) is 0 Å². The molecule has 3 aliphatic heterocycles. The van der Waals surface area contributed by atoms with Crippen LogP contribution < -0.4 is 10.6 Å². The van der Waals surface area contributed by atoms with Crippen LogP contribution in [-0.4, -0.2) is 89.8 Å². The Bertz CT molecular complexity index is 1570. The minimum Gasteiger partial charge on any atom is -0.344 e. The van der Waals surface area contributed by atoms with Gasteiger partial charge in [0.05, 0.1) is 0 Å². The molecule has 256 valence electrons. The Hall–Kier alpha value is -3.75. The van der Waals surface area contributed by atoms with Crippen molar-refractivity contribution in [2.75, 3.05) is 39.3 Å². The van der Waals surface area contributed by atoms with E-state index in [1.54, 1.807) is 6.92 Å². The lowest BCUT2D eigenvalue weighted by Crippen LogP contribution is -2.56. The smallest absolute Gasteiger partial charge is 0.245 e. The fourth-order valence-corrected chi connectivity index (χ4v) is 8.27. The summed E-state index contributed by atoms with van der Waals surface area (Å²) in [7, 11) is 0. The van der Waals surface area contributed by atoms with E-state index in [1.165, 1.54) is 11.1 Å². The summed E-state index contributed by atoms with van der Waals surface area (Å²) in [6, 6.07) is 23.0. The van der Waals surface area contributed by atoms with E-state index in [-0.39, 0.29) is 23.8 Å². The number of likely N-dealkylation sites (tertiary alicyclic amines) is 2. The van der Waals surface area contributed by atoms with E-state index in [4.69, 9.17) is 0 Å². The summed E-state index contributed by atoms with van der Waals surface area (Å²) in [5, 5.41) is 9.00. The molecule has 8 heteroatoms. The van der Waals surface area contributed by atoms with Gasteiger partial charge in [0.25, 0.3) is 0 Å². The minimum absolute atomic E-state index is 0.0110. The molecule has 48 heavy (non-hydrogen) atoms. The van der Waals surface area contributed by atoms with Gasteiger partial charge in [0.2, 0.25) is 17.7 Å². The van der Waals surface area contributed by atoms with Gasteiger partial charge < -0.3 is 20.4 Å². The first-order valence-electron chi connectivity index (χ1n) is 18.1. The van der Waals surface area contributed by atoms with Gasteiger partial charge in [-0.25, -0.2) is 0 Å². The molecule has 0 aromatic heterocycles. The Balaban J connectivity index is 1.15. The Kier molecular flexibility index (Phi) is 11.1. The molecule has 0 bridgehead atoms. The van der Waals surface area contributed by atoms with Crippen molar-refractivity contribution >= 4 is 28.5 Å². The molecule has 3 aromatic rings. The minimum atomic E-state index is -0.638. The number of benzene rings is 3. The molecule has 2 saturated heterocycles. The zero-order valence-corrected chi connectivity index (χ0v) is 29.0. The maximum absolute atomic E-state index is 14.4. The zero-order valence-electron chi connectivity index (χ0n) is 29.0. The van der Waals surface area contributed by atoms with Crippen LogP contribution in [0.5, 0.6) is 0 Å². The third-order valence-corrected chi connectivity index (χ3v) is 10.7. The van der Waals surface area contributed by atoms with Crippen LogP contribution in [0, 0.1) is 5.92 Å². The molecule has 0 saturated carbocycles. The van der Waals surface area contributed by atoms with E-state index in [2.05, 4.69) is 71.8 Å². The van der Waals surface area contributed by atoms with E-state index < -0.39 is 6.04 Å². The summed E-state index contributed by atoms with van der Waals surface area (Å²) in [5.41, 5.74) is 3.54. The van der Waals surface area contributed by atoms with Crippen LogP contribution in [0.15, 0.2) is 66.7 Å². The third-order valence-electron chi connectivity index (χ3n) is 10.7. The number of piperidine rings is 2. The number of fused-ring (bicyclic) bond motifs is 2. The lowest BCUT2D eigenvalue weighted by atomic mass is 9.92. The van der Waals surface area contributed by atoms with Crippen LogP contribution >= 0.6 is 0 Å². The number of hydrogen-bond donors (Lipinski definition) is 2. The first kappa shape index (κ1) is 34.1. The lowest BCUT2D eigenvalue weighted by Gasteiger charge is -2.46. The predicted octanol–water partition coefficient (Wildman–Crippen LogP) is 5.10. The fourth-order valence-electron chi connectivity index (χ4n) is 8.27. The fraction of sp³-hybridized carbons (Fsp3) is 0.525. The van der Waals surface area contributed by atoms with Crippen molar-refractivity contribution in [2.24, 2.45) is 5.92 Å². The molecule has 0 radical (unpaired) electrons. The van der Waals surface area contributed by atoms with Crippen molar-refractivity contribution in [3.8, 4) is 0 Å². The molecule has 2 fully saturated rings. The molecule has 2 atom stereocenters. The van der Waals surface area contributed by atoms with Gasteiger partial charge in [-0.3, -0.25) is 19.3 Å². The van der Waals surface area contributed by atoms with Gasteiger partial charge in [-0.15, -0.1) is 0 Å². The second-order valence-electron chi connectivity index (χ2n) is 14.5. The van der Waals surface area contributed by atoms with Crippen molar-refractivity contribution in [2.45, 2.75) is 89.9 Å². The molecule has 3 heterocycles. The van der Waals surface area contributed by atoms with Crippen LogP contribution in [0.25, 0.3) is 10.8 Å². The SMILES string of the molecule is CC(=O)N1CCC(N(CC(C)C)C2CCN(C(=O)C(Cc3cccc4ccccc34)NC(=O)C[C@@H]3NCCc4ccccc43)CC2)CC1. The second kappa shape index (κ2) is 15.6. The number of nitrogens with one attached hydrogen (secondary N) is 2. The van der Waals surface area contributed by atoms with Crippen molar-refractivity contribution in [3.05, 3.63) is 83.4 Å². The maximum atomic E-state index is 14.4. The standard InChI is InChI=1S/C40H53N5O3/c1-28(2)27-45(33-16-21-43(22-17-33)29(3)46)34-18-23-44(24-19-34)40(48)38(25-32-12-8-11-30-9-4-6-13-35(30)32)42-39(47)26-37-36-14-7-5-10-31(36)15-20-41-37/h4-14,28,33-34,37-38,41H,15-27H2,1-3H3,(H,42,47)/t37-,38?/m0/s1. The van der Waals surface area contributed by atoms with Crippen LogP contribution in [0.2, 0.25) is 0 Å². The van der Waals surface area contributed by atoms with Gasteiger partial charge in [-0.2, -0.15) is 0 Å². The molecule has 3 aromatic carbocycles. The van der Waals surface area contributed by atoms with E-state index in [0.29, 0.717) is 43.9 Å². The number of hydrogen-bond acceptors (Lipinski definition) is 5. The topological polar surface area (TPSA) is 85.0 Å². The molecule has 3 aliphatic rings. The van der Waals surface area contributed by atoms with Gasteiger partial charge in [-0.1, -0.05) is 80.6 Å². The highest BCUT2D eigenvalue weighted by Crippen LogP contribution is 2.28. The highest BCUT2D eigenvalue weighted by molar-refractivity contribution is 5.90. The summed E-state index contributed by atoms with van der Waals surface area (Å²) in [6.07, 6.45) is 5.56. The van der Waals surface area contributed by atoms with Crippen molar-refractivity contribution in [3.63, 3.8) is 0 Å². The normalized spacial score (nSPS) is 19.8. The molecule has 2 N–H and O–H groups in total. The summed E-state index contributed by atoms with van der Waals surface area (Å²) in [4.78, 5) is 46.7. The molecule has 8 nitrogen and oxygen atoms in total. The summed E-state index contributed by atoms with van der Waals surface area (Å²) < 4.78 is 0. The van der Waals surface area contributed by atoms with E-state index in [0.717, 1.165) is 74.6 Å². The molecule has 1 unspecified atom stereocenters. The number of rotatable bonds is 10. The van der Waals surface area contributed by atoms with Gasteiger partial charge in [-0.05, 0) is 72.0 Å². The van der Waals surface area contributed by atoms with Gasteiger partial charge >= 0.3 is 0 Å². The highest BCUT2D eigenvalue weighted by Gasteiger charge is 2.36. The maximum Gasteiger partial charge on any atom is 0.245 e. The Morgan fingerprint density at radius 2 is 1.50 bits per heavy atom. The molecular formula is C40H53N5O3. The first-order chi connectivity index (χ1) is 23.3. The predicted molar refractivity (Wildman–Crippen MR) is 192 cm³/mol. The Labute approximate surface area is 286 Å². The van der Waals surface area contributed by atoms with Crippen molar-refractivity contribution in [1.82, 2.24) is 25.3 Å². The van der Waals surface area contributed by atoms with E-state index in [9.17, 15) is 14.4 Å². The molecule has 0 spiro atoms. The van der Waals surface area contributed by atoms with Crippen LogP contribution in [0.1, 0.15) is 75.6 Å². The average Bonchev–Trinajstić information content (AvgIpc) is 3.10. The van der Waals surface area contributed by atoms with Crippen molar-refractivity contribution in [1.29, 1.82) is 0 Å². The largest absolute Gasteiger partial charge is 0.344 e. The Morgan fingerprint density at radius 3 is 2.21 bits per heavy atom.